The van der Waals surface area contributed by atoms with Gasteiger partial charge in [0.2, 0.25) is 0 Å². The van der Waals surface area contributed by atoms with Crippen molar-refractivity contribution in [3.63, 3.8) is 0 Å². The SMILES string of the molecule is CC(=O)O/N=C(\CCCSc1ccc(Cl)cc1)c1ccc2c(c1)c1cc(C(=O)c3ccccc3C)ccc1n2-c1ccccc1. The van der Waals surface area contributed by atoms with Crippen molar-refractivity contribution < 1.29 is 14.4 Å². The molecule has 6 aromatic rings. The fourth-order valence-electron chi connectivity index (χ4n) is 5.50. The summed E-state index contributed by atoms with van der Waals surface area (Å²) in [6.07, 6.45) is 1.44. The Labute approximate surface area is 271 Å². The standard InChI is InChI=1S/C38H31ClN2O3S/c1-25-9-6-7-12-32(25)38(43)28-15-21-37-34(24-28)33-23-27(14-20-36(33)41(37)30-10-4-3-5-11-30)35(40-44-26(2)42)13-8-22-45-31-18-16-29(39)17-19-31/h3-7,9-12,14-21,23-24H,8,13,22H2,1-2H3/b40-35+. The first kappa shape index (κ1) is 30.4. The molecule has 0 radical (unpaired) electrons. The lowest BCUT2D eigenvalue weighted by Gasteiger charge is -2.09. The first-order valence-electron chi connectivity index (χ1n) is 14.8. The third-order valence-electron chi connectivity index (χ3n) is 7.69. The number of nitrogens with zero attached hydrogens (tertiary/aromatic N) is 2. The molecule has 0 aliphatic heterocycles. The molecule has 0 saturated heterocycles. The van der Waals surface area contributed by atoms with Crippen molar-refractivity contribution in [3.05, 3.63) is 143 Å². The molecule has 6 rings (SSSR count). The van der Waals surface area contributed by atoms with Gasteiger partial charge >= 0.3 is 5.97 Å². The number of aryl methyl sites for hydroxylation is 1. The van der Waals surface area contributed by atoms with Gasteiger partial charge in [0, 0.05) is 50.0 Å². The van der Waals surface area contributed by atoms with E-state index in [1.807, 2.05) is 97.9 Å². The van der Waals surface area contributed by atoms with Gasteiger partial charge in [-0.1, -0.05) is 65.3 Å². The molecule has 7 heteroatoms. The lowest BCUT2D eigenvalue weighted by atomic mass is 9.97. The molecule has 0 fully saturated rings. The summed E-state index contributed by atoms with van der Waals surface area (Å²) in [4.78, 5) is 31.7. The topological polar surface area (TPSA) is 60.7 Å². The summed E-state index contributed by atoms with van der Waals surface area (Å²) in [5, 5.41) is 6.93. The number of oxime groups is 1. The van der Waals surface area contributed by atoms with Crippen LogP contribution in [-0.4, -0.2) is 27.8 Å². The first-order chi connectivity index (χ1) is 21.9. The molecule has 1 heterocycles. The molecule has 0 aliphatic rings. The lowest BCUT2D eigenvalue weighted by molar-refractivity contribution is -0.140. The van der Waals surface area contributed by atoms with Crippen LogP contribution in [0, 0.1) is 6.92 Å². The molecule has 45 heavy (non-hydrogen) atoms. The zero-order chi connectivity index (χ0) is 31.3. The number of thioether (sulfide) groups is 1. The van der Waals surface area contributed by atoms with Gasteiger partial charge in [-0.25, -0.2) is 4.79 Å². The van der Waals surface area contributed by atoms with Crippen LogP contribution in [0.15, 0.2) is 125 Å². The minimum atomic E-state index is -0.468. The molecule has 0 N–H and O–H groups in total. The summed E-state index contributed by atoms with van der Waals surface area (Å²) in [6, 6.07) is 37.7. The Morgan fingerprint density at radius 2 is 1.44 bits per heavy atom. The van der Waals surface area contributed by atoms with Gasteiger partial charge in [-0.3, -0.25) is 4.79 Å². The summed E-state index contributed by atoms with van der Waals surface area (Å²) >= 11 is 7.77. The molecule has 1 aromatic heterocycles. The molecule has 0 aliphatic carbocycles. The van der Waals surface area contributed by atoms with Crippen molar-refractivity contribution in [2.24, 2.45) is 5.16 Å². The van der Waals surface area contributed by atoms with E-state index in [1.54, 1.807) is 11.8 Å². The maximum Gasteiger partial charge on any atom is 0.331 e. The fraction of sp³-hybridized carbons (Fsp3) is 0.132. The largest absolute Gasteiger partial charge is 0.331 e. The molecule has 0 spiro atoms. The molecule has 5 aromatic carbocycles. The van der Waals surface area contributed by atoms with E-state index >= 15 is 0 Å². The van der Waals surface area contributed by atoms with Crippen LogP contribution in [0.3, 0.4) is 0 Å². The summed E-state index contributed by atoms with van der Waals surface area (Å²) in [5.74, 6) is 0.381. The van der Waals surface area contributed by atoms with E-state index in [1.165, 1.54) is 6.92 Å². The number of aromatic nitrogens is 1. The predicted octanol–water partition coefficient (Wildman–Crippen LogP) is 9.82. The van der Waals surface area contributed by atoms with Gasteiger partial charge in [0.05, 0.1) is 16.7 Å². The fourth-order valence-corrected chi connectivity index (χ4v) is 6.48. The number of para-hydroxylation sites is 1. The molecule has 0 amide bonds. The zero-order valence-corrected chi connectivity index (χ0v) is 26.6. The van der Waals surface area contributed by atoms with Crippen molar-refractivity contribution >= 4 is 62.6 Å². The highest BCUT2D eigenvalue weighted by Crippen LogP contribution is 2.34. The molecule has 5 nitrogen and oxygen atoms in total. The normalized spacial score (nSPS) is 11.7. The van der Waals surface area contributed by atoms with Crippen molar-refractivity contribution in [1.29, 1.82) is 0 Å². The summed E-state index contributed by atoms with van der Waals surface area (Å²) in [7, 11) is 0. The summed E-state index contributed by atoms with van der Waals surface area (Å²) in [6.45, 7) is 3.30. The second kappa shape index (κ2) is 13.6. The van der Waals surface area contributed by atoms with Crippen molar-refractivity contribution in [2.45, 2.75) is 31.6 Å². The zero-order valence-electron chi connectivity index (χ0n) is 25.0. The third-order valence-corrected chi connectivity index (χ3v) is 9.04. The number of carbonyl (C=O) groups is 2. The number of carbonyl (C=O) groups excluding carboxylic acids is 2. The van der Waals surface area contributed by atoms with Gasteiger partial charge in [0.25, 0.3) is 0 Å². The summed E-state index contributed by atoms with van der Waals surface area (Å²) < 4.78 is 2.21. The van der Waals surface area contributed by atoms with Crippen molar-refractivity contribution in [1.82, 2.24) is 4.57 Å². The highest BCUT2D eigenvalue weighted by Gasteiger charge is 2.18. The van der Waals surface area contributed by atoms with Crippen LogP contribution in [0.5, 0.6) is 0 Å². The van der Waals surface area contributed by atoms with Crippen molar-refractivity contribution in [3.8, 4) is 5.69 Å². The average Bonchev–Trinajstić information content (AvgIpc) is 3.38. The van der Waals surface area contributed by atoms with Gasteiger partial charge in [-0.05, 0) is 97.8 Å². The molecular formula is C38H31ClN2O3S. The Balaban J connectivity index is 1.41. The van der Waals surface area contributed by atoms with E-state index in [0.717, 1.165) is 55.7 Å². The van der Waals surface area contributed by atoms with Gasteiger partial charge in [0.15, 0.2) is 5.78 Å². The number of ketones is 1. The maximum absolute atomic E-state index is 13.6. The van der Waals surface area contributed by atoms with Gasteiger partial charge < -0.3 is 9.40 Å². The van der Waals surface area contributed by atoms with E-state index in [4.69, 9.17) is 16.4 Å². The summed E-state index contributed by atoms with van der Waals surface area (Å²) in [5.41, 5.74) is 6.84. The maximum atomic E-state index is 13.6. The van der Waals surface area contributed by atoms with Crippen LogP contribution in [0.2, 0.25) is 5.02 Å². The van der Waals surface area contributed by atoms with Crippen LogP contribution in [0.25, 0.3) is 27.5 Å². The average molecular weight is 631 g/mol. The molecule has 0 bridgehead atoms. The van der Waals surface area contributed by atoms with Gasteiger partial charge in [0.1, 0.15) is 0 Å². The quantitative estimate of drug-likeness (QED) is 0.0377. The van der Waals surface area contributed by atoms with E-state index in [2.05, 4.69) is 34.0 Å². The number of halogens is 1. The molecule has 0 unspecified atom stereocenters. The molecular weight excluding hydrogens is 600 g/mol. The monoisotopic (exact) mass is 630 g/mol. The Kier molecular flexibility index (Phi) is 9.15. The Bertz CT molecular complexity index is 2050. The van der Waals surface area contributed by atoms with E-state index in [-0.39, 0.29) is 5.78 Å². The van der Waals surface area contributed by atoms with Gasteiger partial charge in [-0.15, -0.1) is 11.8 Å². The Hall–Kier alpha value is -4.65. The van der Waals surface area contributed by atoms with E-state index < -0.39 is 5.97 Å². The van der Waals surface area contributed by atoms with Crippen LogP contribution >= 0.6 is 23.4 Å². The van der Waals surface area contributed by atoms with Crippen LogP contribution < -0.4 is 0 Å². The Morgan fingerprint density at radius 3 is 2.13 bits per heavy atom. The van der Waals surface area contributed by atoms with Crippen LogP contribution in [0.1, 0.15) is 46.8 Å². The van der Waals surface area contributed by atoms with Crippen LogP contribution in [0.4, 0.5) is 0 Å². The smallest absolute Gasteiger partial charge is 0.318 e. The van der Waals surface area contributed by atoms with Crippen molar-refractivity contribution in [2.75, 3.05) is 5.75 Å². The molecule has 224 valence electrons. The minimum Gasteiger partial charge on any atom is -0.318 e. The second-order valence-electron chi connectivity index (χ2n) is 10.8. The third kappa shape index (κ3) is 6.72. The Morgan fingerprint density at radius 1 is 0.800 bits per heavy atom. The first-order valence-corrected chi connectivity index (χ1v) is 16.1. The highest BCUT2D eigenvalue weighted by atomic mass is 35.5. The van der Waals surface area contributed by atoms with E-state index in [0.29, 0.717) is 28.3 Å². The molecule has 0 saturated carbocycles. The number of benzene rings is 5. The number of hydrogen-bond donors (Lipinski definition) is 0. The van der Waals surface area contributed by atoms with E-state index in [9.17, 15) is 9.59 Å². The lowest BCUT2D eigenvalue weighted by Crippen LogP contribution is -2.05. The van der Waals surface area contributed by atoms with Gasteiger partial charge in [-0.2, -0.15) is 0 Å². The highest BCUT2D eigenvalue weighted by molar-refractivity contribution is 7.99. The number of rotatable bonds is 10. The predicted molar refractivity (Wildman–Crippen MR) is 185 cm³/mol. The molecule has 0 atom stereocenters. The minimum absolute atomic E-state index is 0.0120. The second-order valence-corrected chi connectivity index (χ2v) is 12.4. The number of fused-ring (bicyclic) bond motifs is 3. The number of hydrogen-bond acceptors (Lipinski definition) is 5. The van der Waals surface area contributed by atoms with Crippen LogP contribution in [-0.2, 0) is 9.63 Å².